The Morgan fingerprint density at radius 3 is 3.25 bits per heavy atom. The number of carbonyl (C=O) groups is 1. The summed E-state index contributed by atoms with van der Waals surface area (Å²) in [5.74, 6) is 0.972. The normalized spacial score (nSPS) is 13.1. The van der Waals surface area contributed by atoms with Crippen LogP contribution in [-0.4, -0.2) is 31.0 Å². The lowest BCUT2D eigenvalue weighted by molar-refractivity contribution is 0.0956. The maximum Gasteiger partial charge on any atom is 0.251 e. The van der Waals surface area contributed by atoms with Gasteiger partial charge in [0.25, 0.3) is 5.91 Å². The molecule has 0 fully saturated rings. The number of hydrogen-bond donors (Lipinski definition) is 2. The van der Waals surface area contributed by atoms with Gasteiger partial charge in [-0.1, -0.05) is 6.07 Å². The molecular formula is C12H16N2OS. The fourth-order valence-corrected chi connectivity index (χ4v) is 2.11. The van der Waals surface area contributed by atoms with E-state index in [2.05, 4.69) is 10.6 Å². The maximum atomic E-state index is 11.8. The summed E-state index contributed by atoms with van der Waals surface area (Å²) in [6.45, 7) is 1.71. The zero-order valence-corrected chi connectivity index (χ0v) is 10.2. The minimum absolute atomic E-state index is 0.0190. The number of anilines is 1. The monoisotopic (exact) mass is 236 g/mol. The first-order valence-corrected chi connectivity index (χ1v) is 6.84. The van der Waals surface area contributed by atoms with Gasteiger partial charge in [0.1, 0.15) is 0 Å². The average molecular weight is 236 g/mol. The number of thioether (sulfide) groups is 1. The summed E-state index contributed by atoms with van der Waals surface area (Å²) in [5, 5.41) is 6.18. The van der Waals surface area contributed by atoms with Gasteiger partial charge in [-0.25, -0.2) is 0 Å². The molecule has 16 heavy (non-hydrogen) atoms. The highest BCUT2D eigenvalue weighted by atomic mass is 32.2. The Bertz CT molecular complexity index is 393. The number of fused-ring (bicyclic) bond motifs is 1. The van der Waals surface area contributed by atoms with Gasteiger partial charge in [0.2, 0.25) is 0 Å². The van der Waals surface area contributed by atoms with Gasteiger partial charge in [0, 0.05) is 30.1 Å². The molecule has 0 aromatic heterocycles. The van der Waals surface area contributed by atoms with Crippen molar-refractivity contribution in [3.05, 3.63) is 29.3 Å². The molecule has 2 N–H and O–H groups in total. The molecule has 4 heteroatoms. The van der Waals surface area contributed by atoms with Crippen molar-refractivity contribution in [2.45, 2.75) is 6.42 Å². The molecular weight excluding hydrogens is 220 g/mol. The summed E-state index contributed by atoms with van der Waals surface area (Å²) in [5.41, 5.74) is 3.16. The van der Waals surface area contributed by atoms with Gasteiger partial charge in [-0.05, 0) is 30.4 Å². The Hall–Kier alpha value is -1.16. The van der Waals surface area contributed by atoms with Crippen molar-refractivity contribution in [1.29, 1.82) is 0 Å². The first-order chi connectivity index (χ1) is 7.81. The first kappa shape index (κ1) is 11.3. The van der Waals surface area contributed by atoms with E-state index in [1.54, 1.807) is 11.8 Å². The number of carbonyl (C=O) groups excluding carboxylic acids is 1. The lowest BCUT2D eigenvalue weighted by atomic mass is 10.1. The van der Waals surface area contributed by atoms with Crippen LogP contribution < -0.4 is 10.6 Å². The van der Waals surface area contributed by atoms with Crippen molar-refractivity contribution >= 4 is 23.4 Å². The molecule has 0 saturated carbocycles. The second-order valence-electron chi connectivity index (χ2n) is 3.80. The lowest BCUT2D eigenvalue weighted by Crippen LogP contribution is -2.25. The van der Waals surface area contributed by atoms with Gasteiger partial charge < -0.3 is 10.6 Å². The van der Waals surface area contributed by atoms with Crippen molar-refractivity contribution in [1.82, 2.24) is 5.32 Å². The van der Waals surface area contributed by atoms with Crippen molar-refractivity contribution in [2.24, 2.45) is 0 Å². The third-order valence-corrected chi connectivity index (χ3v) is 3.29. The average Bonchev–Trinajstić information content (AvgIpc) is 2.76. The molecule has 0 aliphatic carbocycles. The Kier molecular flexibility index (Phi) is 3.72. The molecule has 0 unspecified atom stereocenters. The lowest BCUT2D eigenvalue weighted by Gasteiger charge is -2.06. The van der Waals surface area contributed by atoms with Crippen LogP contribution in [0.3, 0.4) is 0 Å². The molecule has 1 aromatic carbocycles. The third kappa shape index (κ3) is 2.50. The van der Waals surface area contributed by atoms with Crippen molar-refractivity contribution < 1.29 is 4.79 Å². The summed E-state index contributed by atoms with van der Waals surface area (Å²) in [6, 6.07) is 5.88. The molecule has 0 atom stereocenters. The highest BCUT2D eigenvalue weighted by Crippen LogP contribution is 2.22. The van der Waals surface area contributed by atoms with Crippen molar-refractivity contribution in [2.75, 3.05) is 30.4 Å². The standard InChI is InChI=1S/C12H16N2OS/c1-16-7-6-14-12(15)10-3-2-9-4-5-13-11(9)8-10/h2-3,8,13H,4-7H2,1H3,(H,14,15). The Balaban J connectivity index is 2.01. The van der Waals surface area contributed by atoms with Crippen LogP contribution in [0.2, 0.25) is 0 Å². The number of nitrogens with one attached hydrogen (secondary N) is 2. The minimum Gasteiger partial charge on any atom is -0.384 e. The van der Waals surface area contributed by atoms with E-state index in [4.69, 9.17) is 0 Å². The Morgan fingerprint density at radius 1 is 1.56 bits per heavy atom. The molecule has 3 nitrogen and oxygen atoms in total. The van der Waals surface area contributed by atoms with Crippen LogP contribution in [0.25, 0.3) is 0 Å². The molecule has 0 spiro atoms. The zero-order valence-electron chi connectivity index (χ0n) is 9.38. The van der Waals surface area contributed by atoms with Crippen LogP contribution >= 0.6 is 11.8 Å². The van der Waals surface area contributed by atoms with E-state index >= 15 is 0 Å². The van der Waals surface area contributed by atoms with Crippen LogP contribution in [0, 0.1) is 0 Å². The predicted molar refractivity (Wildman–Crippen MR) is 69.4 cm³/mol. The van der Waals surface area contributed by atoms with Crippen LogP contribution in [0.5, 0.6) is 0 Å². The first-order valence-electron chi connectivity index (χ1n) is 5.45. The summed E-state index contributed by atoms with van der Waals surface area (Å²) in [7, 11) is 0. The molecule has 1 amide bonds. The molecule has 86 valence electrons. The van der Waals surface area contributed by atoms with Crippen molar-refractivity contribution in [3.8, 4) is 0 Å². The number of amides is 1. The third-order valence-electron chi connectivity index (χ3n) is 2.67. The fraction of sp³-hybridized carbons (Fsp3) is 0.417. The van der Waals surface area contributed by atoms with E-state index in [1.165, 1.54) is 5.56 Å². The highest BCUT2D eigenvalue weighted by Gasteiger charge is 2.12. The number of benzene rings is 1. The van der Waals surface area contributed by atoms with Gasteiger partial charge in [-0.3, -0.25) is 4.79 Å². The van der Waals surface area contributed by atoms with Gasteiger partial charge >= 0.3 is 0 Å². The van der Waals surface area contributed by atoms with E-state index in [1.807, 2.05) is 24.5 Å². The largest absolute Gasteiger partial charge is 0.384 e. The smallest absolute Gasteiger partial charge is 0.251 e. The second kappa shape index (κ2) is 5.25. The second-order valence-corrected chi connectivity index (χ2v) is 4.78. The summed E-state index contributed by atoms with van der Waals surface area (Å²) < 4.78 is 0. The zero-order chi connectivity index (χ0) is 11.4. The minimum atomic E-state index is 0.0190. The Labute approximate surface area is 100.0 Å². The summed E-state index contributed by atoms with van der Waals surface area (Å²) >= 11 is 1.73. The van der Waals surface area contributed by atoms with Gasteiger partial charge in [-0.15, -0.1) is 0 Å². The molecule has 2 rings (SSSR count). The van der Waals surface area contributed by atoms with Crippen LogP contribution in [0.1, 0.15) is 15.9 Å². The van der Waals surface area contributed by atoms with E-state index in [0.29, 0.717) is 0 Å². The molecule has 0 bridgehead atoms. The topological polar surface area (TPSA) is 41.1 Å². The predicted octanol–water partition coefficient (Wildman–Crippen LogP) is 1.75. The van der Waals surface area contributed by atoms with E-state index in [9.17, 15) is 4.79 Å². The molecule has 1 aliphatic heterocycles. The molecule has 1 aromatic rings. The number of hydrogen-bond acceptors (Lipinski definition) is 3. The van der Waals surface area contributed by atoms with E-state index in [-0.39, 0.29) is 5.91 Å². The summed E-state index contributed by atoms with van der Waals surface area (Å²) in [4.78, 5) is 11.8. The SMILES string of the molecule is CSCCNC(=O)c1ccc2c(c1)NCC2. The van der Waals surface area contributed by atoms with Gasteiger partial charge in [0.05, 0.1) is 0 Å². The highest BCUT2D eigenvalue weighted by molar-refractivity contribution is 7.98. The quantitative estimate of drug-likeness (QED) is 0.783. The van der Waals surface area contributed by atoms with Crippen LogP contribution in [0.4, 0.5) is 5.69 Å². The van der Waals surface area contributed by atoms with E-state index < -0.39 is 0 Å². The molecule has 0 radical (unpaired) electrons. The van der Waals surface area contributed by atoms with Gasteiger partial charge in [-0.2, -0.15) is 11.8 Å². The maximum absolute atomic E-state index is 11.8. The van der Waals surface area contributed by atoms with Crippen LogP contribution in [0.15, 0.2) is 18.2 Å². The van der Waals surface area contributed by atoms with Crippen LogP contribution in [-0.2, 0) is 6.42 Å². The number of rotatable bonds is 4. The summed E-state index contributed by atoms with van der Waals surface area (Å²) in [6.07, 6.45) is 3.09. The van der Waals surface area contributed by atoms with Gasteiger partial charge in [0.15, 0.2) is 0 Å². The molecule has 1 aliphatic rings. The molecule has 0 saturated heterocycles. The molecule has 1 heterocycles. The fourth-order valence-electron chi connectivity index (χ4n) is 1.80. The Morgan fingerprint density at radius 2 is 2.44 bits per heavy atom. The van der Waals surface area contributed by atoms with Crippen molar-refractivity contribution in [3.63, 3.8) is 0 Å². The van der Waals surface area contributed by atoms with E-state index in [0.717, 1.165) is 36.5 Å².